The van der Waals surface area contributed by atoms with Crippen LogP contribution in [0.2, 0.25) is 19.6 Å². The van der Waals surface area contributed by atoms with Crippen molar-refractivity contribution in [2.75, 3.05) is 19.6 Å². The molecular formula is C16H24N2OSSi. The van der Waals surface area contributed by atoms with Gasteiger partial charge in [-0.15, -0.1) is 0 Å². The van der Waals surface area contributed by atoms with Crippen molar-refractivity contribution in [1.29, 1.82) is 0 Å². The molecule has 0 aliphatic carbocycles. The van der Waals surface area contributed by atoms with Crippen LogP contribution in [0.1, 0.15) is 12.0 Å². The van der Waals surface area contributed by atoms with Crippen molar-refractivity contribution in [3.05, 3.63) is 35.9 Å². The van der Waals surface area contributed by atoms with E-state index in [4.69, 9.17) is 16.6 Å². The lowest BCUT2D eigenvalue weighted by Gasteiger charge is -2.34. The fraction of sp³-hybridized carbons (Fsp3) is 0.562. The standard InChI is InChI=1S/C16H24N2OSSi/c1-21(2,3)19-16(12-17-14-20)9-10-18(13-16)11-15-7-5-4-6-8-15/h4-8H,9-13H2,1-3H3. The van der Waals surface area contributed by atoms with Crippen LogP contribution in [-0.2, 0) is 11.0 Å². The summed E-state index contributed by atoms with van der Waals surface area (Å²) >= 11 is 4.74. The summed E-state index contributed by atoms with van der Waals surface area (Å²) in [5.41, 5.74) is 1.17. The number of thiocarbonyl (C=S) groups is 1. The molecule has 1 fully saturated rings. The molecule has 0 spiro atoms. The first-order valence-electron chi connectivity index (χ1n) is 7.43. The van der Waals surface area contributed by atoms with Crippen LogP contribution in [0.4, 0.5) is 0 Å². The van der Waals surface area contributed by atoms with Gasteiger partial charge in [0.15, 0.2) is 8.32 Å². The fourth-order valence-corrected chi connectivity index (χ4v) is 4.57. The van der Waals surface area contributed by atoms with Crippen molar-refractivity contribution in [3.8, 4) is 0 Å². The van der Waals surface area contributed by atoms with Gasteiger partial charge in [0.05, 0.1) is 17.3 Å². The molecule has 1 aromatic rings. The number of hydrogen-bond donors (Lipinski definition) is 0. The minimum atomic E-state index is -1.61. The van der Waals surface area contributed by atoms with Crippen molar-refractivity contribution >= 4 is 25.7 Å². The van der Waals surface area contributed by atoms with E-state index in [1.165, 1.54) is 5.56 Å². The summed E-state index contributed by atoms with van der Waals surface area (Å²) in [6.07, 6.45) is 1.02. The lowest BCUT2D eigenvalue weighted by Crippen LogP contribution is -2.47. The van der Waals surface area contributed by atoms with E-state index >= 15 is 0 Å². The third kappa shape index (κ3) is 5.13. The molecule has 0 saturated carbocycles. The smallest absolute Gasteiger partial charge is 0.184 e. The van der Waals surface area contributed by atoms with Gasteiger partial charge in [-0.25, -0.2) is 4.99 Å². The molecule has 0 N–H and O–H groups in total. The molecule has 1 unspecified atom stereocenters. The van der Waals surface area contributed by atoms with Crippen molar-refractivity contribution in [3.63, 3.8) is 0 Å². The second kappa shape index (κ2) is 6.94. The number of isothiocyanates is 1. The Bertz CT molecular complexity index is 511. The van der Waals surface area contributed by atoms with Crippen LogP contribution >= 0.6 is 12.2 Å². The first-order valence-corrected chi connectivity index (χ1v) is 11.2. The molecular weight excluding hydrogens is 296 g/mol. The van der Waals surface area contributed by atoms with E-state index in [-0.39, 0.29) is 5.60 Å². The molecule has 0 bridgehead atoms. The molecule has 1 atom stereocenters. The predicted molar refractivity (Wildman–Crippen MR) is 93.4 cm³/mol. The molecule has 114 valence electrons. The quantitative estimate of drug-likeness (QED) is 0.455. The number of aliphatic imine (C=N–C) groups is 1. The minimum absolute atomic E-state index is 0.176. The van der Waals surface area contributed by atoms with Gasteiger partial charge >= 0.3 is 0 Å². The highest BCUT2D eigenvalue weighted by molar-refractivity contribution is 7.78. The van der Waals surface area contributed by atoms with E-state index in [1.807, 2.05) is 0 Å². The van der Waals surface area contributed by atoms with E-state index < -0.39 is 8.32 Å². The summed E-state index contributed by atoms with van der Waals surface area (Å²) in [5.74, 6) is 0. The number of nitrogens with zero attached hydrogens (tertiary/aromatic N) is 2. The average Bonchev–Trinajstić information content (AvgIpc) is 2.79. The topological polar surface area (TPSA) is 24.8 Å². The third-order valence-corrected chi connectivity index (χ3v) is 4.77. The van der Waals surface area contributed by atoms with Crippen LogP contribution in [0.3, 0.4) is 0 Å². The van der Waals surface area contributed by atoms with Crippen LogP contribution in [0.25, 0.3) is 0 Å². The van der Waals surface area contributed by atoms with Crippen molar-refractivity contribution in [2.45, 2.75) is 38.2 Å². The third-order valence-electron chi connectivity index (χ3n) is 3.60. The summed E-state index contributed by atoms with van der Waals surface area (Å²) in [4.78, 5) is 6.64. The normalized spacial score (nSPS) is 23.0. The molecule has 0 aromatic heterocycles. The molecule has 0 amide bonds. The predicted octanol–water partition coefficient (Wildman–Crippen LogP) is 3.59. The van der Waals surface area contributed by atoms with Gasteiger partial charge < -0.3 is 4.43 Å². The number of rotatable bonds is 6. The van der Waals surface area contributed by atoms with Crippen molar-refractivity contribution in [1.82, 2.24) is 4.90 Å². The Balaban J connectivity index is 2.05. The van der Waals surface area contributed by atoms with Crippen LogP contribution in [-0.4, -0.2) is 43.6 Å². The Kier molecular flexibility index (Phi) is 5.46. The Morgan fingerprint density at radius 1 is 1.33 bits per heavy atom. The zero-order valence-corrected chi connectivity index (χ0v) is 14.9. The Morgan fingerprint density at radius 2 is 2.05 bits per heavy atom. The molecule has 1 saturated heterocycles. The SMILES string of the molecule is C[Si](C)(C)OC1(CN=C=S)CCN(Cc2ccccc2)C1. The highest BCUT2D eigenvalue weighted by Gasteiger charge is 2.41. The van der Waals surface area contributed by atoms with Gasteiger partial charge in [-0.3, -0.25) is 4.90 Å². The maximum atomic E-state index is 6.47. The van der Waals surface area contributed by atoms with E-state index in [2.05, 4.69) is 65.0 Å². The fourth-order valence-electron chi connectivity index (χ4n) is 2.97. The van der Waals surface area contributed by atoms with Gasteiger partial charge in [0, 0.05) is 19.6 Å². The van der Waals surface area contributed by atoms with Gasteiger partial charge in [-0.1, -0.05) is 30.3 Å². The van der Waals surface area contributed by atoms with Crippen LogP contribution in [0, 0.1) is 0 Å². The monoisotopic (exact) mass is 320 g/mol. The molecule has 1 aliphatic rings. The summed E-state index contributed by atoms with van der Waals surface area (Å²) in [6.45, 7) is 10.3. The summed E-state index contributed by atoms with van der Waals surface area (Å²) in [7, 11) is -1.61. The van der Waals surface area contributed by atoms with Crippen LogP contribution < -0.4 is 0 Å². The zero-order chi connectivity index (χ0) is 15.3. The largest absolute Gasteiger partial charge is 0.409 e. The van der Waals surface area contributed by atoms with Gasteiger partial charge in [0.1, 0.15) is 0 Å². The highest BCUT2D eigenvalue weighted by atomic mass is 32.1. The van der Waals surface area contributed by atoms with Gasteiger partial charge in [-0.2, -0.15) is 0 Å². The van der Waals surface area contributed by atoms with Crippen LogP contribution in [0.15, 0.2) is 35.3 Å². The molecule has 2 rings (SSSR count). The van der Waals surface area contributed by atoms with Gasteiger partial charge in [0.25, 0.3) is 0 Å². The minimum Gasteiger partial charge on any atom is -0.409 e. The first-order chi connectivity index (χ1) is 9.92. The van der Waals surface area contributed by atoms with E-state index in [0.717, 1.165) is 26.1 Å². The molecule has 1 heterocycles. The molecule has 1 aliphatic heterocycles. The molecule has 1 aromatic carbocycles. The maximum Gasteiger partial charge on any atom is 0.184 e. The number of hydrogen-bond acceptors (Lipinski definition) is 4. The Hall–Kier alpha value is -0.843. The Morgan fingerprint density at radius 3 is 2.67 bits per heavy atom. The number of likely N-dealkylation sites (tertiary alicyclic amines) is 1. The van der Waals surface area contributed by atoms with Gasteiger partial charge in [0.2, 0.25) is 0 Å². The lowest BCUT2D eigenvalue weighted by molar-refractivity contribution is 0.0772. The lowest BCUT2D eigenvalue weighted by atomic mass is 10.0. The van der Waals surface area contributed by atoms with Crippen LogP contribution in [0.5, 0.6) is 0 Å². The molecule has 3 nitrogen and oxygen atoms in total. The molecule has 0 radical (unpaired) electrons. The number of benzene rings is 1. The average molecular weight is 321 g/mol. The summed E-state index contributed by atoms with van der Waals surface area (Å²) in [6, 6.07) is 10.6. The first kappa shape index (κ1) is 16.5. The second-order valence-electron chi connectivity index (χ2n) is 6.75. The Labute approximate surface area is 134 Å². The second-order valence-corrected chi connectivity index (χ2v) is 11.4. The summed E-state index contributed by atoms with van der Waals surface area (Å²) in [5, 5.41) is 2.49. The summed E-state index contributed by atoms with van der Waals surface area (Å²) < 4.78 is 6.47. The maximum absolute atomic E-state index is 6.47. The van der Waals surface area contributed by atoms with Crippen molar-refractivity contribution in [2.24, 2.45) is 4.99 Å². The molecule has 21 heavy (non-hydrogen) atoms. The van der Waals surface area contributed by atoms with Crippen molar-refractivity contribution < 1.29 is 4.43 Å². The van der Waals surface area contributed by atoms with Gasteiger partial charge in [-0.05, 0) is 43.8 Å². The highest BCUT2D eigenvalue weighted by Crippen LogP contribution is 2.30. The van der Waals surface area contributed by atoms with E-state index in [1.54, 1.807) is 0 Å². The van der Waals surface area contributed by atoms with E-state index in [0.29, 0.717) is 6.54 Å². The van der Waals surface area contributed by atoms with E-state index in [9.17, 15) is 0 Å². The molecule has 5 heteroatoms. The zero-order valence-electron chi connectivity index (χ0n) is 13.1.